The molecule has 8 nitrogen and oxygen atoms in total. The van der Waals surface area contributed by atoms with Crippen molar-refractivity contribution >= 4 is 15.9 Å². The molecule has 2 aromatic rings. The van der Waals surface area contributed by atoms with Gasteiger partial charge in [0.2, 0.25) is 21.8 Å². The van der Waals surface area contributed by atoms with Crippen LogP contribution < -0.4 is 0 Å². The van der Waals surface area contributed by atoms with Crippen LogP contribution in [0.1, 0.15) is 31.1 Å². The van der Waals surface area contributed by atoms with Crippen LogP contribution in [-0.4, -0.2) is 53.3 Å². The zero-order valence-electron chi connectivity index (χ0n) is 14.4. The second-order valence-electron chi connectivity index (χ2n) is 6.05. The molecule has 1 aliphatic rings. The van der Waals surface area contributed by atoms with Gasteiger partial charge in [-0.05, 0) is 37.6 Å². The average Bonchev–Trinajstić information content (AvgIpc) is 2.89. The van der Waals surface area contributed by atoms with Crippen LogP contribution in [0.3, 0.4) is 0 Å². The molecule has 0 radical (unpaired) electrons. The van der Waals surface area contributed by atoms with E-state index in [0.29, 0.717) is 18.1 Å². The maximum atomic E-state index is 13.1. The first-order chi connectivity index (χ1) is 12.3. The quantitative estimate of drug-likeness (QED) is 0.798. The third kappa shape index (κ3) is 3.61. The highest BCUT2D eigenvalue weighted by atomic mass is 32.2. The normalized spacial score (nSPS) is 19.3. The molecule has 0 bridgehead atoms. The van der Waals surface area contributed by atoms with E-state index >= 15 is 0 Å². The van der Waals surface area contributed by atoms with Crippen molar-refractivity contribution in [2.24, 2.45) is 0 Å². The van der Waals surface area contributed by atoms with Crippen molar-refractivity contribution in [3.63, 3.8) is 0 Å². The molecule has 1 saturated heterocycles. The monoisotopic (exact) mass is 382 g/mol. The summed E-state index contributed by atoms with van der Waals surface area (Å²) in [5.41, 5.74) is 0. The van der Waals surface area contributed by atoms with Gasteiger partial charge in [-0.2, -0.15) is 9.29 Å². The van der Waals surface area contributed by atoms with E-state index in [0.717, 1.165) is 12.1 Å². The van der Waals surface area contributed by atoms with E-state index in [1.165, 1.54) is 28.3 Å². The van der Waals surface area contributed by atoms with Crippen molar-refractivity contribution < 1.29 is 22.1 Å². The number of carbonyl (C=O) groups is 1. The number of sulfonamides is 1. The zero-order valence-corrected chi connectivity index (χ0v) is 15.2. The Balaban J connectivity index is 1.87. The lowest BCUT2D eigenvalue weighted by Crippen LogP contribution is -2.37. The summed E-state index contributed by atoms with van der Waals surface area (Å²) in [7, 11) is -3.79. The molecule has 10 heteroatoms. The lowest BCUT2D eigenvalue weighted by molar-refractivity contribution is -0.131. The highest BCUT2D eigenvalue weighted by Crippen LogP contribution is 2.28. The van der Waals surface area contributed by atoms with Gasteiger partial charge >= 0.3 is 0 Å². The van der Waals surface area contributed by atoms with E-state index in [-0.39, 0.29) is 30.4 Å². The lowest BCUT2D eigenvalue weighted by atomic mass is 10.2. The Labute approximate surface area is 150 Å². The molecule has 140 valence electrons. The van der Waals surface area contributed by atoms with Gasteiger partial charge in [0, 0.05) is 26.6 Å². The van der Waals surface area contributed by atoms with Gasteiger partial charge in [-0.1, -0.05) is 5.16 Å². The number of hydrogen-bond donors (Lipinski definition) is 0. The molecule has 1 fully saturated rings. The minimum absolute atomic E-state index is 0.0142. The highest BCUT2D eigenvalue weighted by molar-refractivity contribution is 7.89. The number of amides is 1. The Morgan fingerprint density at radius 2 is 1.92 bits per heavy atom. The summed E-state index contributed by atoms with van der Waals surface area (Å²) >= 11 is 0. The zero-order chi connectivity index (χ0) is 18.9. The first-order valence-electron chi connectivity index (χ1n) is 8.12. The average molecular weight is 382 g/mol. The molecule has 1 aliphatic heterocycles. The first-order valence-corrected chi connectivity index (χ1v) is 9.56. The smallest absolute Gasteiger partial charge is 0.249 e. The van der Waals surface area contributed by atoms with Crippen molar-refractivity contribution in [3.8, 4) is 0 Å². The van der Waals surface area contributed by atoms with Crippen LogP contribution in [-0.2, 0) is 14.8 Å². The predicted molar refractivity (Wildman–Crippen MR) is 88.9 cm³/mol. The van der Waals surface area contributed by atoms with Crippen LogP contribution >= 0.6 is 0 Å². The van der Waals surface area contributed by atoms with Gasteiger partial charge in [-0.15, -0.1) is 0 Å². The third-order valence-corrected chi connectivity index (χ3v) is 6.22. The molecule has 1 atom stereocenters. The summed E-state index contributed by atoms with van der Waals surface area (Å²) in [6.45, 7) is 3.59. The fourth-order valence-corrected chi connectivity index (χ4v) is 4.43. The highest BCUT2D eigenvalue weighted by Gasteiger charge is 2.35. The fourth-order valence-electron chi connectivity index (χ4n) is 2.99. The number of carbonyl (C=O) groups excluding carboxylic acids is 1. The van der Waals surface area contributed by atoms with Crippen molar-refractivity contribution in [2.45, 2.75) is 31.2 Å². The molecule has 0 N–H and O–H groups in total. The Bertz CT molecular complexity index is 897. The Hall–Kier alpha value is -2.33. The van der Waals surface area contributed by atoms with Crippen LogP contribution in [0.25, 0.3) is 0 Å². The molecule has 26 heavy (non-hydrogen) atoms. The number of aryl methyl sites for hydroxylation is 1. The van der Waals surface area contributed by atoms with Crippen LogP contribution in [0, 0.1) is 12.7 Å². The molecule has 2 heterocycles. The van der Waals surface area contributed by atoms with Crippen molar-refractivity contribution in [3.05, 3.63) is 41.8 Å². The number of halogens is 1. The molecule has 1 unspecified atom stereocenters. The summed E-state index contributed by atoms with van der Waals surface area (Å²) in [6, 6.07) is 4.20. The molecule has 0 saturated carbocycles. The summed E-state index contributed by atoms with van der Waals surface area (Å²) in [5, 5.41) is 3.75. The van der Waals surface area contributed by atoms with E-state index in [1.54, 1.807) is 6.92 Å². The number of aromatic nitrogens is 2. The van der Waals surface area contributed by atoms with Crippen molar-refractivity contribution in [2.75, 3.05) is 19.6 Å². The topological polar surface area (TPSA) is 96.6 Å². The van der Waals surface area contributed by atoms with Gasteiger partial charge in [-0.25, -0.2) is 12.8 Å². The van der Waals surface area contributed by atoms with E-state index < -0.39 is 21.9 Å². The number of nitrogens with zero attached hydrogens (tertiary/aromatic N) is 4. The Morgan fingerprint density at radius 1 is 1.23 bits per heavy atom. The van der Waals surface area contributed by atoms with Gasteiger partial charge < -0.3 is 9.42 Å². The van der Waals surface area contributed by atoms with Crippen LogP contribution in [0.15, 0.2) is 33.7 Å². The minimum Gasteiger partial charge on any atom is -0.337 e. The Morgan fingerprint density at radius 3 is 2.50 bits per heavy atom. The maximum Gasteiger partial charge on any atom is 0.249 e. The minimum atomic E-state index is -3.79. The summed E-state index contributed by atoms with van der Waals surface area (Å²) < 4.78 is 45.2. The van der Waals surface area contributed by atoms with Gasteiger partial charge in [0.05, 0.1) is 4.90 Å². The third-order valence-electron chi connectivity index (χ3n) is 4.30. The second kappa shape index (κ2) is 7.12. The van der Waals surface area contributed by atoms with E-state index in [1.807, 2.05) is 0 Å². The van der Waals surface area contributed by atoms with E-state index in [9.17, 15) is 17.6 Å². The fraction of sp³-hybridized carbons (Fsp3) is 0.438. The molecule has 0 aliphatic carbocycles. The second-order valence-corrected chi connectivity index (χ2v) is 7.99. The summed E-state index contributed by atoms with van der Waals surface area (Å²) in [5.74, 6) is 0.0311. The van der Waals surface area contributed by atoms with Crippen LogP contribution in [0.4, 0.5) is 4.39 Å². The van der Waals surface area contributed by atoms with Crippen molar-refractivity contribution in [1.29, 1.82) is 0 Å². The molecule has 1 aromatic heterocycles. The summed E-state index contributed by atoms with van der Waals surface area (Å²) in [6.07, 6.45) is 0.321. The van der Waals surface area contributed by atoms with Crippen molar-refractivity contribution in [1.82, 2.24) is 19.3 Å². The van der Waals surface area contributed by atoms with Crippen LogP contribution in [0.5, 0.6) is 0 Å². The predicted octanol–water partition coefficient (Wildman–Crippen LogP) is 1.50. The van der Waals surface area contributed by atoms with E-state index in [4.69, 9.17) is 4.52 Å². The van der Waals surface area contributed by atoms with Gasteiger partial charge in [0.15, 0.2) is 5.82 Å². The standard InChI is InChI=1S/C16H19FN4O4S/c1-11-18-16(25-19-11)15-7-8-20(9-10-21(15)12(2)22)26(23,24)14-5-3-13(17)4-6-14/h3-6,15H,7-10H2,1-2H3. The number of hydrogen-bond acceptors (Lipinski definition) is 6. The first kappa shape index (κ1) is 18.5. The van der Waals surface area contributed by atoms with Gasteiger partial charge in [0.25, 0.3) is 0 Å². The largest absolute Gasteiger partial charge is 0.337 e. The molecule has 3 rings (SSSR count). The lowest BCUT2D eigenvalue weighted by Gasteiger charge is -2.25. The summed E-state index contributed by atoms with van der Waals surface area (Å²) in [4.78, 5) is 17.8. The SMILES string of the molecule is CC(=O)N1CCN(S(=O)(=O)c2ccc(F)cc2)CCC1c1nc(C)no1. The van der Waals surface area contributed by atoms with E-state index in [2.05, 4.69) is 10.1 Å². The Kier molecular flexibility index (Phi) is 5.05. The molecule has 1 amide bonds. The maximum absolute atomic E-state index is 13.1. The van der Waals surface area contributed by atoms with Gasteiger partial charge in [-0.3, -0.25) is 4.79 Å². The number of benzene rings is 1. The molecular weight excluding hydrogens is 363 g/mol. The number of rotatable bonds is 3. The van der Waals surface area contributed by atoms with Crippen LogP contribution in [0.2, 0.25) is 0 Å². The molecule has 1 aromatic carbocycles. The van der Waals surface area contributed by atoms with Gasteiger partial charge in [0.1, 0.15) is 11.9 Å². The molecule has 0 spiro atoms. The molecular formula is C16H19FN4O4S.